The van der Waals surface area contributed by atoms with Crippen LogP contribution in [0.25, 0.3) is 0 Å². The third-order valence-electron chi connectivity index (χ3n) is 7.64. The first-order valence-electron chi connectivity index (χ1n) is 14.0. The van der Waals surface area contributed by atoms with Crippen molar-refractivity contribution in [3.8, 4) is 5.75 Å². The molecule has 1 fully saturated rings. The molecular formula is C30H39FN4O5. The van der Waals surface area contributed by atoms with Gasteiger partial charge in [0.2, 0.25) is 17.7 Å². The maximum absolute atomic E-state index is 14.8. The van der Waals surface area contributed by atoms with Crippen LogP contribution in [-0.4, -0.2) is 54.2 Å². The molecule has 2 aromatic carbocycles. The lowest BCUT2D eigenvalue weighted by Gasteiger charge is -2.29. The van der Waals surface area contributed by atoms with Gasteiger partial charge in [0.15, 0.2) is 11.6 Å². The summed E-state index contributed by atoms with van der Waals surface area (Å²) in [6.45, 7) is 2.49. The fourth-order valence-electron chi connectivity index (χ4n) is 5.08. The lowest BCUT2D eigenvalue weighted by atomic mass is 9.98. The summed E-state index contributed by atoms with van der Waals surface area (Å²) in [5.74, 6) is -2.23. The number of hydrogen-bond donors (Lipinski definition) is 5. The number of nitrogens with one attached hydrogen (secondary N) is 3. The molecule has 5 rings (SSSR count). The first-order valence-corrected chi connectivity index (χ1v) is 14.0. The van der Waals surface area contributed by atoms with Crippen LogP contribution in [0.1, 0.15) is 62.1 Å². The lowest BCUT2D eigenvalue weighted by Crippen LogP contribution is -2.56. The molecule has 0 radical (unpaired) electrons. The first kappa shape index (κ1) is 29.5. The Morgan fingerprint density at radius 2 is 2.00 bits per heavy atom. The average Bonchev–Trinajstić information content (AvgIpc) is 3.72. The fourth-order valence-corrected chi connectivity index (χ4v) is 5.08. The van der Waals surface area contributed by atoms with Gasteiger partial charge in [0.1, 0.15) is 6.04 Å². The number of aliphatic hydroxyl groups excluding tert-OH is 1. The number of amides is 3. The van der Waals surface area contributed by atoms with Crippen LogP contribution in [-0.2, 0) is 32.8 Å². The van der Waals surface area contributed by atoms with Crippen molar-refractivity contribution >= 4 is 17.7 Å². The molecule has 1 saturated carbocycles. The highest BCUT2D eigenvalue weighted by atomic mass is 19.1. The number of halogens is 1. The van der Waals surface area contributed by atoms with Gasteiger partial charge < -0.3 is 31.5 Å². The number of fused-ring (bicyclic) bond motifs is 13. The molecule has 3 amide bonds. The number of nitrogens with two attached hydrogens (primary N) is 1. The highest BCUT2D eigenvalue weighted by molar-refractivity contribution is 5.91. The summed E-state index contributed by atoms with van der Waals surface area (Å²) in [6, 6.07) is 10.9. The van der Waals surface area contributed by atoms with Crippen LogP contribution in [0, 0.1) is 5.82 Å². The van der Waals surface area contributed by atoms with Crippen molar-refractivity contribution in [2.75, 3.05) is 13.2 Å². The van der Waals surface area contributed by atoms with Crippen molar-refractivity contribution in [2.24, 2.45) is 5.73 Å². The van der Waals surface area contributed by atoms with Gasteiger partial charge >= 0.3 is 0 Å². The van der Waals surface area contributed by atoms with E-state index in [4.69, 9.17) is 10.5 Å². The number of primary amides is 1. The van der Waals surface area contributed by atoms with Gasteiger partial charge in [-0.2, -0.15) is 0 Å². The summed E-state index contributed by atoms with van der Waals surface area (Å²) in [7, 11) is 0. The maximum atomic E-state index is 14.8. The van der Waals surface area contributed by atoms with E-state index in [9.17, 15) is 23.9 Å². The number of ether oxygens (including phenoxy) is 1. The summed E-state index contributed by atoms with van der Waals surface area (Å²) in [6.07, 6.45) is 2.49. The largest absolute Gasteiger partial charge is 0.491 e. The zero-order valence-corrected chi connectivity index (χ0v) is 22.9. The van der Waals surface area contributed by atoms with Crippen molar-refractivity contribution in [3.63, 3.8) is 0 Å². The second-order valence-electron chi connectivity index (χ2n) is 10.8. The van der Waals surface area contributed by atoms with Crippen molar-refractivity contribution in [1.29, 1.82) is 0 Å². The van der Waals surface area contributed by atoms with Crippen LogP contribution < -0.4 is 26.4 Å². The van der Waals surface area contributed by atoms with Gasteiger partial charge in [0.05, 0.1) is 25.2 Å². The summed E-state index contributed by atoms with van der Waals surface area (Å²) >= 11 is 0. The molecule has 2 aliphatic heterocycles. The van der Waals surface area contributed by atoms with Gasteiger partial charge in [-0.1, -0.05) is 37.3 Å². The molecular weight excluding hydrogens is 515 g/mol. The molecule has 10 heteroatoms. The van der Waals surface area contributed by atoms with Crippen LogP contribution in [0.5, 0.6) is 5.75 Å². The number of hydrogen-bond acceptors (Lipinski definition) is 6. The standard InChI is InChI=1S/C30H39FN4O5/c1-2-19-6-5-7-21(14-19)30(11-12-30)33-18-25(36)23-16-20-9-10-26(22(31)15-20)40-13-4-3-8-28(38)34-24(17-27(32)37)29(39)35-23/h5-7,9-10,14-15,23-25,33,36H,2-4,8,11-13,16-18H2,1H3,(H2,32,37)(H,34,38)(H,35,39)/t23-,24?,25+/m0/s1. The smallest absolute Gasteiger partial charge is 0.243 e. The third-order valence-corrected chi connectivity index (χ3v) is 7.64. The molecule has 6 N–H and O–H groups in total. The monoisotopic (exact) mass is 554 g/mol. The van der Waals surface area contributed by atoms with E-state index in [0.29, 0.717) is 18.4 Å². The molecule has 0 saturated heterocycles. The molecule has 3 aliphatic rings. The molecule has 1 aliphatic carbocycles. The number of aryl methyl sites for hydroxylation is 1. The number of aliphatic hydroxyl groups is 1. The number of carbonyl (C=O) groups excluding carboxylic acids is 3. The summed E-state index contributed by atoms with van der Waals surface area (Å²) in [5, 5.41) is 20.2. The van der Waals surface area contributed by atoms with Crippen LogP contribution in [0.4, 0.5) is 4.39 Å². The molecule has 3 atom stereocenters. The molecule has 0 spiro atoms. The summed E-state index contributed by atoms with van der Waals surface area (Å²) in [4.78, 5) is 37.4. The predicted octanol–water partition coefficient (Wildman–Crippen LogP) is 1.98. The highest BCUT2D eigenvalue weighted by Crippen LogP contribution is 2.45. The molecule has 216 valence electrons. The van der Waals surface area contributed by atoms with Crippen molar-refractivity contribution in [1.82, 2.24) is 16.0 Å². The highest BCUT2D eigenvalue weighted by Gasteiger charge is 2.44. The Bertz CT molecular complexity index is 1220. The van der Waals surface area contributed by atoms with Crippen molar-refractivity contribution < 1.29 is 28.6 Å². The van der Waals surface area contributed by atoms with Crippen LogP contribution in [0.2, 0.25) is 0 Å². The Labute approximate surface area is 234 Å². The average molecular weight is 555 g/mol. The van der Waals surface area contributed by atoms with E-state index in [1.54, 1.807) is 6.07 Å². The molecule has 2 heterocycles. The van der Waals surface area contributed by atoms with Crippen molar-refractivity contribution in [3.05, 3.63) is 65.0 Å². The zero-order valence-electron chi connectivity index (χ0n) is 22.9. The predicted molar refractivity (Wildman–Crippen MR) is 148 cm³/mol. The second-order valence-corrected chi connectivity index (χ2v) is 10.8. The van der Waals surface area contributed by atoms with E-state index in [-0.39, 0.29) is 43.7 Å². The Hall–Kier alpha value is -3.50. The SMILES string of the molecule is CCc1cccc(C2(NC[C@@H](O)[C@@H]3Cc4ccc(c(F)c4)OCCCCC(=O)NC(CC(N)=O)C(=O)N3)CC2)c1. The van der Waals surface area contributed by atoms with Crippen LogP contribution in [0.3, 0.4) is 0 Å². The molecule has 40 heavy (non-hydrogen) atoms. The Morgan fingerprint density at radius 3 is 2.70 bits per heavy atom. The fraction of sp³-hybridized carbons (Fsp3) is 0.500. The third kappa shape index (κ3) is 7.79. The minimum Gasteiger partial charge on any atom is -0.491 e. The number of rotatable bonds is 8. The van der Waals surface area contributed by atoms with E-state index < -0.39 is 41.7 Å². The van der Waals surface area contributed by atoms with Gasteiger partial charge in [-0.25, -0.2) is 4.39 Å². The van der Waals surface area contributed by atoms with Crippen LogP contribution >= 0.6 is 0 Å². The van der Waals surface area contributed by atoms with Crippen molar-refractivity contribution in [2.45, 2.75) is 82.0 Å². The van der Waals surface area contributed by atoms with Gasteiger partial charge in [-0.05, 0) is 67.3 Å². The quantitative estimate of drug-likeness (QED) is 0.338. The van der Waals surface area contributed by atoms with E-state index in [1.807, 2.05) is 6.07 Å². The van der Waals surface area contributed by atoms with Gasteiger partial charge in [-0.15, -0.1) is 0 Å². The zero-order chi connectivity index (χ0) is 28.7. The summed E-state index contributed by atoms with van der Waals surface area (Å²) < 4.78 is 20.3. The minimum atomic E-state index is -1.19. The molecule has 0 aromatic heterocycles. The normalized spacial score (nSPS) is 22.1. The lowest BCUT2D eigenvalue weighted by molar-refractivity contribution is -0.132. The second kappa shape index (κ2) is 13.2. The van der Waals surface area contributed by atoms with Crippen LogP contribution in [0.15, 0.2) is 42.5 Å². The topological polar surface area (TPSA) is 143 Å². The van der Waals surface area contributed by atoms with E-state index in [2.05, 4.69) is 41.1 Å². The Morgan fingerprint density at radius 1 is 1.20 bits per heavy atom. The van der Waals surface area contributed by atoms with Gasteiger partial charge in [-0.3, -0.25) is 14.4 Å². The summed E-state index contributed by atoms with van der Waals surface area (Å²) in [5.41, 5.74) is 8.04. The number of benzene rings is 2. The number of carbonyl (C=O) groups is 3. The Kier molecular flexibility index (Phi) is 9.76. The maximum Gasteiger partial charge on any atom is 0.243 e. The molecule has 1 unspecified atom stereocenters. The van der Waals surface area contributed by atoms with Gasteiger partial charge in [0, 0.05) is 18.5 Å². The van der Waals surface area contributed by atoms with Gasteiger partial charge in [0.25, 0.3) is 0 Å². The van der Waals surface area contributed by atoms with E-state index in [1.165, 1.54) is 17.7 Å². The Balaban J connectivity index is 1.55. The molecule has 2 bridgehead atoms. The molecule has 9 nitrogen and oxygen atoms in total. The molecule has 2 aromatic rings. The van der Waals surface area contributed by atoms with E-state index in [0.717, 1.165) is 24.8 Å². The first-order chi connectivity index (χ1) is 19.2. The minimum absolute atomic E-state index is 0.102. The van der Waals surface area contributed by atoms with E-state index >= 15 is 0 Å².